The minimum absolute atomic E-state index is 0. The van der Waals surface area contributed by atoms with Gasteiger partial charge in [0.15, 0.2) is 23.3 Å². The van der Waals surface area contributed by atoms with Crippen LogP contribution in [0.25, 0.3) is 6.08 Å². The van der Waals surface area contributed by atoms with Gasteiger partial charge in [-0.05, 0) is 17.5 Å². The summed E-state index contributed by atoms with van der Waals surface area (Å²) < 4.78 is 64.0. The van der Waals surface area contributed by atoms with Gasteiger partial charge < -0.3 is 9.64 Å². The molecule has 2 aliphatic heterocycles. The van der Waals surface area contributed by atoms with Gasteiger partial charge in [-0.1, -0.05) is 36.4 Å². The summed E-state index contributed by atoms with van der Waals surface area (Å²) in [5, 5.41) is 0. The predicted molar refractivity (Wildman–Crippen MR) is 111 cm³/mol. The van der Waals surface area contributed by atoms with Crippen LogP contribution in [0.2, 0.25) is 0 Å². The van der Waals surface area contributed by atoms with Gasteiger partial charge in [-0.3, -0.25) is 4.90 Å². The zero-order valence-corrected chi connectivity index (χ0v) is 17.2. The molecule has 1 saturated heterocycles. The first-order valence-electron chi connectivity index (χ1n) is 9.70. The number of rotatable bonds is 4. The molecule has 0 amide bonds. The van der Waals surface area contributed by atoms with Crippen molar-refractivity contribution in [2.75, 3.05) is 44.3 Å². The molecule has 2 heterocycles. The zero-order chi connectivity index (χ0) is 20.4. The zero-order valence-electron chi connectivity index (χ0n) is 16.3. The summed E-state index contributed by atoms with van der Waals surface area (Å²) in [5.41, 5.74) is 0.648. The fraction of sp³-hybridized carbons (Fsp3) is 0.364. The van der Waals surface area contributed by atoms with Gasteiger partial charge in [0.2, 0.25) is 0 Å². The number of morpholine rings is 1. The molecule has 2 aromatic rings. The van der Waals surface area contributed by atoms with Gasteiger partial charge in [0.25, 0.3) is 0 Å². The van der Waals surface area contributed by atoms with Crippen molar-refractivity contribution in [2.45, 2.75) is 13.0 Å². The Kier molecular flexibility index (Phi) is 7.39. The van der Waals surface area contributed by atoms with E-state index in [1.807, 2.05) is 29.2 Å². The van der Waals surface area contributed by atoms with Crippen LogP contribution >= 0.6 is 12.4 Å². The molecular weight excluding hydrogens is 420 g/mol. The average Bonchev–Trinajstić information content (AvgIpc) is 2.75. The number of nitrogens with zero attached hydrogens (tertiary/aromatic N) is 2. The third-order valence-electron chi connectivity index (χ3n) is 5.47. The second kappa shape index (κ2) is 9.81. The SMILES string of the molecule is Cl.Fc1c(F)c(N2CCc3ccccc3C2)c(F)c(F)c1/C=C/CN1CCOCC1. The van der Waals surface area contributed by atoms with Crippen molar-refractivity contribution in [3.05, 3.63) is 70.3 Å². The van der Waals surface area contributed by atoms with E-state index >= 15 is 0 Å². The largest absolute Gasteiger partial charge is 0.379 e. The molecule has 0 spiro atoms. The van der Waals surface area contributed by atoms with E-state index in [0.29, 0.717) is 39.3 Å². The Bertz CT molecular complexity index is 903. The molecule has 0 unspecified atom stereocenters. The summed E-state index contributed by atoms with van der Waals surface area (Å²) >= 11 is 0. The fourth-order valence-corrected chi connectivity index (χ4v) is 3.85. The van der Waals surface area contributed by atoms with Gasteiger partial charge in [-0.2, -0.15) is 0 Å². The summed E-state index contributed by atoms with van der Waals surface area (Å²) in [6, 6.07) is 7.53. The van der Waals surface area contributed by atoms with Gasteiger partial charge in [-0.15, -0.1) is 12.4 Å². The third-order valence-corrected chi connectivity index (χ3v) is 5.47. The Hall–Kier alpha value is -2.09. The molecule has 0 saturated carbocycles. The molecule has 8 heteroatoms. The molecule has 162 valence electrons. The summed E-state index contributed by atoms with van der Waals surface area (Å²) in [7, 11) is 0. The van der Waals surface area contributed by atoms with E-state index in [9.17, 15) is 17.6 Å². The molecule has 0 aromatic heterocycles. The van der Waals surface area contributed by atoms with E-state index in [1.165, 1.54) is 11.0 Å². The van der Waals surface area contributed by atoms with Crippen molar-refractivity contribution >= 4 is 24.2 Å². The van der Waals surface area contributed by atoms with Gasteiger partial charge in [0.05, 0.1) is 18.8 Å². The molecular formula is C22H23ClF4N2O. The minimum atomic E-state index is -1.36. The number of hydrogen-bond acceptors (Lipinski definition) is 3. The normalized spacial score (nSPS) is 17.1. The lowest BCUT2D eigenvalue weighted by molar-refractivity contribution is 0.0435. The maximum absolute atomic E-state index is 14.8. The van der Waals surface area contributed by atoms with E-state index in [-0.39, 0.29) is 25.5 Å². The molecule has 0 aliphatic carbocycles. The number of halogens is 5. The topological polar surface area (TPSA) is 15.7 Å². The predicted octanol–water partition coefficient (Wildman–Crippen LogP) is 4.57. The van der Waals surface area contributed by atoms with Crippen molar-refractivity contribution in [2.24, 2.45) is 0 Å². The van der Waals surface area contributed by atoms with Crippen LogP contribution in [-0.4, -0.2) is 44.3 Å². The molecule has 4 rings (SSSR count). The number of anilines is 1. The van der Waals surface area contributed by atoms with Crippen molar-refractivity contribution in [1.29, 1.82) is 0 Å². The quantitative estimate of drug-likeness (QED) is 0.509. The van der Waals surface area contributed by atoms with Crippen LogP contribution in [0.3, 0.4) is 0 Å². The highest BCUT2D eigenvalue weighted by Crippen LogP contribution is 2.34. The third kappa shape index (κ3) is 4.48. The Balaban J connectivity index is 0.00000256. The maximum Gasteiger partial charge on any atom is 0.185 e. The van der Waals surface area contributed by atoms with E-state index < -0.39 is 34.5 Å². The molecule has 1 fully saturated rings. The molecule has 0 bridgehead atoms. The van der Waals surface area contributed by atoms with Crippen LogP contribution in [-0.2, 0) is 17.7 Å². The Morgan fingerprint density at radius 2 is 1.50 bits per heavy atom. The Morgan fingerprint density at radius 1 is 0.867 bits per heavy atom. The Labute approximate surface area is 179 Å². The van der Waals surface area contributed by atoms with E-state index in [0.717, 1.165) is 17.2 Å². The van der Waals surface area contributed by atoms with Crippen LogP contribution in [0, 0.1) is 23.3 Å². The van der Waals surface area contributed by atoms with E-state index in [2.05, 4.69) is 0 Å². The fourth-order valence-electron chi connectivity index (χ4n) is 3.85. The maximum atomic E-state index is 14.8. The van der Waals surface area contributed by atoms with Gasteiger partial charge >= 0.3 is 0 Å². The summed E-state index contributed by atoms with van der Waals surface area (Å²) in [5.74, 6) is -5.43. The highest BCUT2D eigenvalue weighted by molar-refractivity contribution is 5.85. The molecule has 2 aliphatic rings. The summed E-state index contributed by atoms with van der Waals surface area (Å²) in [4.78, 5) is 3.39. The monoisotopic (exact) mass is 442 g/mol. The number of hydrogen-bond donors (Lipinski definition) is 0. The van der Waals surface area contributed by atoms with Crippen LogP contribution < -0.4 is 4.90 Å². The van der Waals surface area contributed by atoms with Crippen LogP contribution in [0.1, 0.15) is 16.7 Å². The molecule has 3 nitrogen and oxygen atoms in total. The highest BCUT2D eigenvalue weighted by atomic mass is 35.5. The van der Waals surface area contributed by atoms with Crippen molar-refractivity contribution in [3.63, 3.8) is 0 Å². The van der Waals surface area contributed by atoms with E-state index in [4.69, 9.17) is 4.74 Å². The van der Waals surface area contributed by atoms with Crippen LogP contribution in [0.15, 0.2) is 30.3 Å². The summed E-state index contributed by atoms with van der Waals surface area (Å²) in [6.07, 6.45) is 3.18. The smallest absolute Gasteiger partial charge is 0.185 e. The molecule has 0 radical (unpaired) electrons. The van der Waals surface area contributed by atoms with E-state index in [1.54, 1.807) is 0 Å². The number of benzene rings is 2. The number of fused-ring (bicyclic) bond motifs is 1. The minimum Gasteiger partial charge on any atom is -0.379 e. The van der Waals surface area contributed by atoms with Crippen LogP contribution in [0.4, 0.5) is 23.2 Å². The van der Waals surface area contributed by atoms with Gasteiger partial charge in [0, 0.05) is 32.7 Å². The average molecular weight is 443 g/mol. The van der Waals surface area contributed by atoms with Crippen molar-refractivity contribution in [3.8, 4) is 0 Å². The van der Waals surface area contributed by atoms with Crippen molar-refractivity contribution in [1.82, 2.24) is 4.90 Å². The Morgan fingerprint density at radius 3 is 2.17 bits per heavy atom. The van der Waals surface area contributed by atoms with Crippen LogP contribution in [0.5, 0.6) is 0 Å². The number of ether oxygens (including phenoxy) is 1. The highest BCUT2D eigenvalue weighted by Gasteiger charge is 2.29. The van der Waals surface area contributed by atoms with Crippen molar-refractivity contribution < 1.29 is 22.3 Å². The standard InChI is InChI=1S/C22H22F4N2O.ClH/c23-18-17(6-3-8-27-10-12-29-13-11-27)19(24)21(26)22(20(18)25)28-9-7-15-4-1-2-5-16(15)14-28;/h1-6H,7-14H2;1H/b6-3+;. The second-order valence-electron chi connectivity index (χ2n) is 7.27. The molecule has 0 atom stereocenters. The molecule has 30 heavy (non-hydrogen) atoms. The molecule has 0 N–H and O–H groups in total. The lowest BCUT2D eigenvalue weighted by Crippen LogP contribution is -2.36. The van der Waals surface area contributed by atoms with Gasteiger partial charge in [-0.25, -0.2) is 17.6 Å². The first kappa shape index (κ1) is 22.6. The molecule has 2 aromatic carbocycles. The first-order chi connectivity index (χ1) is 14.1. The first-order valence-corrected chi connectivity index (χ1v) is 9.70. The summed E-state index contributed by atoms with van der Waals surface area (Å²) in [6.45, 7) is 3.50. The van der Waals surface area contributed by atoms with Gasteiger partial charge in [0.1, 0.15) is 5.69 Å². The lowest BCUT2D eigenvalue weighted by atomic mass is 9.99. The lowest BCUT2D eigenvalue weighted by Gasteiger charge is -2.31. The second-order valence-corrected chi connectivity index (χ2v) is 7.27.